The van der Waals surface area contributed by atoms with E-state index in [0.717, 1.165) is 52.8 Å². The third-order valence-corrected chi connectivity index (χ3v) is 6.08. The van der Waals surface area contributed by atoms with Crippen LogP contribution in [0.2, 0.25) is 5.02 Å². The maximum Gasteiger partial charge on any atom is 0.307 e. The van der Waals surface area contributed by atoms with Gasteiger partial charge in [0.2, 0.25) is 0 Å². The first-order valence-corrected chi connectivity index (χ1v) is 10.8. The van der Waals surface area contributed by atoms with Crippen LogP contribution in [-0.4, -0.2) is 53.4 Å². The Kier molecular flexibility index (Phi) is 6.41. The Morgan fingerprint density at radius 2 is 1.81 bits per heavy atom. The molecule has 2 aromatic carbocycles. The SMILES string of the molecule is Cc1cc2c(ccc(=O)n2CCN2CCOCC2)c(-c2ccc(Cl)cc2)c1CC(=O)O. The van der Waals surface area contributed by atoms with Crippen molar-refractivity contribution >= 4 is 28.5 Å². The molecule has 6 nitrogen and oxygen atoms in total. The highest BCUT2D eigenvalue weighted by atomic mass is 35.5. The second-order valence-electron chi connectivity index (χ2n) is 7.83. The number of hydrogen-bond acceptors (Lipinski definition) is 4. The second-order valence-corrected chi connectivity index (χ2v) is 8.27. The van der Waals surface area contributed by atoms with Crippen LogP contribution < -0.4 is 5.56 Å². The van der Waals surface area contributed by atoms with Gasteiger partial charge in [-0.05, 0) is 53.4 Å². The number of benzene rings is 2. The zero-order chi connectivity index (χ0) is 22.0. The van der Waals surface area contributed by atoms with Crippen LogP contribution in [0.4, 0.5) is 0 Å². The highest BCUT2D eigenvalue weighted by Crippen LogP contribution is 2.35. The minimum absolute atomic E-state index is 0.0619. The van der Waals surface area contributed by atoms with Gasteiger partial charge in [0, 0.05) is 42.7 Å². The number of nitrogens with zero attached hydrogens (tertiary/aromatic N) is 2. The summed E-state index contributed by atoms with van der Waals surface area (Å²) in [7, 11) is 0. The van der Waals surface area contributed by atoms with Gasteiger partial charge in [-0.15, -0.1) is 0 Å². The molecule has 3 aromatic rings. The van der Waals surface area contributed by atoms with Crippen LogP contribution in [0.25, 0.3) is 22.0 Å². The zero-order valence-corrected chi connectivity index (χ0v) is 18.2. The van der Waals surface area contributed by atoms with Crippen LogP contribution in [0.3, 0.4) is 0 Å². The minimum Gasteiger partial charge on any atom is -0.481 e. The molecule has 1 fully saturated rings. The molecular weight excluding hydrogens is 416 g/mol. The number of aryl methyl sites for hydroxylation is 1. The Balaban J connectivity index is 1.87. The average molecular weight is 441 g/mol. The fraction of sp³-hybridized carbons (Fsp3) is 0.333. The van der Waals surface area contributed by atoms with Crippen molar-refractivity contribution in [2.45, 2.75) is 19.9 Å². The molecule has 1 N–H and O–H groups in total. The molecule has 4 rings (SSSR count). The molecule has 162 valence electrons. The predicted octanol–water partition coefficient (Wildman–Crippen LogP) is 3.59. The molecule has 0 atom stereocenters. The van der Waals surface area contributed by atoms with Gasteiger partial charge in [0.1, 0.15) is 0 Å². The van der Waals surface area contributed by atoms with Crippen molar-refractivity contribution in [3.05, 3.63) is 69.0 Å². The molecule has 7 heteroatoms. The molecule has 1 aromatic heterocycles. The number of pyridine rings is 1. The molecular formula is C24H25ClN2O4. The molecule has 0 saturated carbocycles. The summed E-state index contributed by atoms with van der Waals surface area (Å²) in [5.41, 5.74) is 4.08. The number of fused-ring (bicyclic) bond motifs is 1. The highest BCUT2D eigenvalue weighted by Gasteiger charge is 2.18. The number of carbonyl (C=O) groups is 1. The topological polar surface area (TPSA) is 71.8 Å². The average Bonchev–Trinajstić information content (AvgIpc) is 2.75. The Morgan fingerprint density at radius 3 is 2.48 bits per heavy atom. The first-order valence-electron chi connectivity index (χ1n) is 10.4. The first kappa shape index (κ1) is 21.6. The summed E-state index contributed by atoms with van der Waals surface area (Å²) in [6.07, 6.45) is -0.0906. The van der Waals surface area contributed by atoms with Gasteiger partial charge in [-0.1, -0.05) is 23.7 Å². The van der Waals surface area contributed by atoms with Crippen LogP contribution in [0.1, 0.15) is 11.1 Å². The van der Waals surface area contributed by atoms with Gasteiger partial charge in [-0.2, -0.15) is 0 Å². The van der Waals surface area contributed by atoms with Crippen LogP contribution in [0.15, 0.2) is 47.3 Å². The van der Waals surface area contributed by atoms with E-state index in [-0.39, 0.29) is 12.0 Å². The lowest BCUT2D eigenvalue weighted by Crippen LogP contribution is -2.39. The Bertz CT molecular complexity index is 1160. The first-order chi connectivity index (χ1) is 14.9. The fourth-order valence-electron chi connectivity index (χ4n) is 4.24. The Morgan fingerprint density at radius 1 is 1.10 bits per heavy atom. The summed E-state index contributed by atoms with van der Waals surface area (Å²) in [6.45, 7) is 6.36. The summed E-state index contributed by atoms with van der Waals surface area (Å²) in [5.74, 6) is -0.890. The number of aliphatic carboxylic acids is 1. The normalized spacial score (nSPS) is 14.8. The monoisotopic (exact) mass is 440 g/mol. The molecule has 0 bridgehead atoms. The number of hydrogen-bond donors (Lipinski definition) is 1. The molecule has 2 heterocycles. The van der Waals surface area contributed by atoms with E-state index in [0.29, 0.717) is 24.8 Å². The predicted molar refractivity (Wildman–Crippen MR) is 122 cm³/mol. The third-order valence-electron chi connectivity index (χ3n) is 5.83. The van der Waals surface area contributed by atoms with Gasteiger partial charge in [0.15, 0.2) is 0 Å². The molecule has 0 spiro atoms. The van der Waals surface area contributed by atoms with Crippen molar-refractivity contribution in [1.29, 1.82) is 0 Å². The van der Waals surface area contributed by atoms with Crippen molar-refractivity contribution in [2.75, 3.05) is 32.8 Å². The Labute approximate surface area is 185 Å². The van der Waals surface area contributed by atoms with Gasteiger partial charge in [-0.3, -0.25) is 14.5 Å². The van der Waals surface area contributed by atoms with Crippen molar-refractivity contribution in [1.82, 2.24) is 9.47 Å². The van der Waals surface area contributed by atoms with Crippen molar-refractivity contribution in [3.63, 3.8) is 0 Å². The number of aromatic nitrogens is 1. The lowest BCUT2D eigenvalue weighted by Gasteiger charge is -2.27. The minimum atomic E-state index is -0.890. The van der Waals surface area contributed by atoms with Gasteiger partial charge in [-0.25, -0.2) is 0 Å². The van der Waals surface area contributed by atoms with Crippen LogP contribution >= 0.6 is 11.6 Å². The van der Waals surface area contributed by atoms with Crippen molar-refractivity contribution < 1.29 is 14.6 Å². The van der Waals surface area contributed by atoms with Crippen LogP contribution in [-0.2, 0) is 22.5 Å². The van der Waals surface area contributed by atoms with E-state index < -0.39 is 5.97 Å². The number of carboxylic acid groups (broad SMARTS) is 1. The van der Waals surface area contributed by atoms with Gasteiger partial charge < -0.3 is 14.4 Å². The summed E-state index contributed by atoms with van der Waals surface area (Å²) < 4.78 is 7.21. The summed E-state index contributed by atoms with van der Waals surface area (Å²) in [6, 6.07) is 12.7. The fourth-order valence-corrected chi connectivity index (χ4v) is 4.36. The summed E-state index contributed by atoms with van der Waals surface area (Å²) in [4.78, 5) is 26.7. The second kappa shape index (κ2) is 9.22. The molecule has 1 aliphatic rings. The van der Waals surface area contributed by atoms with Crippen LogP contribution in [0, 0.1) is 6.92 Å². The molecule has 1 saturated heterocycles. The lowest BCUT2D eigenvalue weighted by atomic mass is 9.90. The molecule has 31 heavy (non-hydrogen) atoms. The molecule has 0 amide bonds. The lowest BCUT2D eigenvalue weighted by molar-refractivity contribution is -0.136. The zero-order valence-electron chi connectivity index (χ0n) is 17.4. The Hall–Kier alpha value is -2.67. The number of ether oxygens (including phenoxy) is 1. The van der Waals surface area contributed by atoms with Crippen molar-refractivity contribution in [3.8, 4) is 11.1 Å². The molecule has 1 aliphatic heterocycles. The number of carboxylic acids is 1. The largest absolute Gasteiger partial charge is 0.481 e. The maximum atomic E-state index is 12.8. The maximum absolute atomic E-state index is 12.8. The summed E-state index contributed by atoms with van der Waals surface area (Å²) >= 11 is 6.08. The van der Waals surface area contributed by atoms with E-state index in [1.165, 1.54) is 0 Å². The summed E-state index contributed by atoms with van der Waals surface area (Å²) in [5, 5.41) is 11.0. The molecule has 0 aliphatic carbocycles. The van der Waals surface area contributed by atoms with E-state index in [4.69, 9.17) is 16.3 Å². The van der Waals surface area contributed by atoms with Gasteiger partial charge >= 0.3 is 5.97 Å². The van der Waals surface area contributed by atoms with E-state index in [1.807, 2.05) is 25.1 Å². The van der Waals surface area contributed by atoms with Gasteiger partial charge in [0.05, 0.1) is 25.2 Å². The smallest absolute Gasteiger partial charge is 0.307 e. The highest BCUT2D eigenvalue weighted by molar-refractivity contribution is 6.30. The third kappa shape index (κ3) is 4.66. The molecule has 0 unspecified atom stereocenters. The number of halogens is 1. The number of morpholine rings is 1. The quantitative estimate of drug-likeness (QED) is 0.634. The van der Waals surface area contributed by atoms with Crippen molar-refractivity contribution in [2.24, 2.45) is 0 Å². The van der Waals surface area contributed by atoms with E-state index >= 15 is 0 Å². The molecule has 0 radical (unpaired) electrons. The van der Waals surface area contributed by atoms with E-state index in [1.54, 1.807) is 28.8 Å². The van der Waals surface area contributed by atoms with Gasteiger partial charge in [0.25, 0.3) is 5.56 Å². The van der Waals surface area contributed by atoms with Crippen LogP contribution in [0.5, 0.6) is 0 Å². The van der Waals surface area contributed by atoms with E-state index in [9.17, 15) is 14.7 Å². The standard InChI is InChI=1S/C24H25ClN2O4/c1-16-14-21-19(6-7-22(28)27(21)9-8-26-10-12-31-13-11-26)24(20(16)15-23(29)30)17-2-4-18(25)5-3-17/h2-7,14H,8-13,15H2,1H3,(H,29,30). The number of rotatable bonds is 6. The van der Waals surface area contributed by atoms with E-state index in [2.05, 4.69) is 4.90 Å².